The highest BCUT2D eigenvalue weighted by molar-refractivity contribution is 6.02. The van der Waals surface area contributed by atoms with Gasteiger partial charge >= 0.3 is 12.1 Å². The molecule has 0 saturated carbocycles. The average molecular weight is 273 g/mol. The molecular weight excluding hydrogens is 263 g/mol. The summed E-state index contributed by atoms with van der Waals surface area (Å²) in [6.45, 7) is 0. The minimum Gasteiger partial charge on any atom is -0.466 e. The van der Waals surface area contributed by atoms with Crippen LogP contribution >= 0.6 is 0 Å². The number of methoxy groups -OCH3 is 1. The fourth-order valence-electron chi connectivity index (χ4n) is 1.14. The van der Waals surface area contributed by atoms with Gasteiger partial charge in [0.2, 0.25) is 5.91 Å². The van der Waals surface area contributed by atoms with Crippen LogP contribution in [-0.4, -0.2) is 19.0 Å². The molecule has 1 amide bonds. The second kappa shape index (κ2) is 6.03. The molecule has 1 aromatic rings. The lowest BCUT2D eigenvalue weighted by Gasteiger charge is -2.07. The number of hydrogen-bond acceptors (Lipinski definition) is 3. The zero-order valence-corrected chi connectivity index (χ0v) is 9.82. The number of alkyl halides is 3. The van der Waals surface area contributed by atoms with E-state index in [2.05, 4.69) is 10.1 Å². The van der Waals surface area contributed by atoms with Gasteiger partial charge < -0.3 is 10.1 Å². The first-order valence-electron chi connectivity index (χ1n) is 5.07. The second-order valence-electron chi connectivity index (χ2n) is 3.42. The summed E-state index contributed by atoms with van der Waals surface area (Å²) in [5.41, 5.74) is -0.622. The van der Waals surface area contributed by atoms with E-state index in [1.54, 1.807) is 0 Å². The van der Waals surface area contributed by atoms with E-state index in [0.717, 1.165) is 43.5 Å². The van der Waals surface area contributed by atoms with Crippen molar-refractivity contribution in [1.29, 1.82) is 0 Å². The maximum Gasteiger partial charge on any atom is 0.416 e. The highest BCUT2D eigenvalue weighted by Crippen LogP contribution is 2.29. The highest BCUT2D eigenvalue weighted by Gasteiger charge is 2.29. The van der Waals surface area contributed by atoms with Crippen LogP contribution in [0.4, 0.5) is 18.9 Å². The van der Waals surface area contributed by atoms with Crippen LogP contribution in [-0.2, 0) is 20.5 Å². The van der Waals surface area contributed by atoms with Crippen LogP contribution < -0.4 is 5.32 Å². The number of anilines is 1. The van der Waals surface area contributed by atoms with Gasteiger partial charge in [-0.3, -0.25) is 4.79 Å². The molecule has 4 nitrogen and oxygen atoms in total. The van der Waals surface area contributed by atoms with Gasteiger partial charge in [0.25, 0.3) is 0 Å². The smallest absolute Gasteiger partial charge is 0.416 e. The number of esters is 1. The first-order chi connectivity index (χ1) is 8.82. The van der Waals surface area contributed by atoms with Gasteiger partial charge in [-0.15, -0.1) is 0 Å². The summed E-state index contributed by atoms with van der Waals surface area (Å²) in [6.07, 6.45) is -2.60. The third-order valence-electron chi connectivity index (χ3n) is 2.05. The van der Waals surface area contributed by atoms with Crippen LogP contribution in [0.25, 0.3) is 0 Å². The molecule has 0 aliphatic heterocycles. The Bertz CT molecular complexity index is 492. The Labute approximate surface area is 106 Å². The van der Waals surface area contributed by atoms with Crippen LogP contribution in [0.2, 0.25) is 0 Å². The molecule has 102 valence electrons. The zero-order valence-electron chi connectivity index (χ0n) is 9.82. The molecular formula is C12H10F3NO3. The molecule has 0 bridgehead atoms. The summed E-state index contributed by atoms with van der Waals surface area (Å²) < 4.78 is 41.1. The molecule has 0 atom stereocenters. The number of amides is 1. The van der Waals surface area contributed by atoms with Crippen molar-refractivity contribution in [2.24, 2.45) is 0 Å². The minimum atomic E-state index is -4.42. The van der Waals surface area contributed by atoms with Crippen molar-refractivity contribution in [2.45, 2.75) is 6.18 Å². The van der Waals surface area contributed by atoms with E-state index < -0.39 is 23.6 Å². The quantitative estimate of drug-likeness (QED) is 0.679. The van der Waals surface area contributed by atoms with E-state index >= 15 is 0 Å². The van der Waals surface area contributed by atoms with Crippen molar-refractivity contribution in [1.82, 2.24) is 0 Å². The maximum atomic E-state index is 12.3. The van der Waals surface area contributed by atoms with Crippen molar-refractivity contribution in [3.8, 4) is 0 Å². The monoisotopic (exact) mass is 273 g/mol. The van der Waals surface area contributed by atoms with Crippen molar-refractivity contribution < 1.29 is 27.5 Å². The summed E-state index contributed by atoms with van der Waals surface area (Å²) in [6, 6.07) is 3.93. The molecule has 0 unspecified atom stereocenters. The summed E-state index contributed by atoms with van der Waals surface area (Å²) in [7, 11) is 1.15. The molecule has 1 rings (SSSR count). The summed E-state index contributed by atoms with van der Waals surface area (Å²) in [5.74, 6) is -1.35. The lowest BCUT2D eigenvalue weighted by atomic mass is 10.2. The number of nitrogens with one attached hydrogen (secondary N) is 1. The van der Waals surface area contributed by atoms with Crippen molar-refractivity contribution in [3.05, 3.63) is 42.0 Å². The predicted molar refractivity (Wildman–Crippen MR) is 61.2 cm³/mol. The number of rotatable bonds is 3. The van der Waals surface area contributed by atoms with Crippen LogP contribution in [0.15, 0.2) is 36.4 Å². The third kappa shape index (κ3) is 4.82. The molecule has 0 aliphatic rings. The summed E-state index contributed by atoms with van der Waals surface area (Å²) >= 11 is 0. The van der Waals surface area contributed by atoms with Crippen LogP contribution in [0.1, 0.15) is 5.56 Å². The number of benzene rings is 1. The lowest BCUT2D eigenvalue weighted by molar-refractivity contribution is -0.137. The zero-order chi connectivity index (χ0) is 14.5. The van der Waals surface area contributed by atoms with Gasteiger partial charge in [-0.05, 0) is 24.3 Å². The van der Waals surface area contributed by atoms with Crippen LogP contribution in [0.5, 0.6) is 0 Å². The van der Waals surface area contributed by atoms with Crippen LogP contribution in [0.3, 0.4) is 0 Å². The third-order valence-corrected chi connectivity index (χ3v) is 2.05. The molecule has 0 fully saturated rings. The molecule has 0 heterocycles. The fourth-order valence-corrected chi connectivity index (χ4v) is 1.14. The Kier molecular flexibility index (Phi) is 4.68. The normalized spacial score (nSPS) is 11.4. The van der Waals surface area contributed by atoms with E-state index in [4.69, 9.17) is 0 Å². The van der Waals surface area contributed by atoms with Crippen LogP contribution in [0, 0.1) is 0 Å². The highest BCUT2D eigenvalue weighted by atomic mass is 19.4. The number of halogens is 3. The molecule has 0 aromatic heterocycles. The molecule has 1 aromatic carbocycles. The van der Waals surface area contributed by atoms with E-state index in [0.29, 0.717) is 0 Å². The van der Waals surface area contributed by atoms with Crippen molar-refractivity contribution >= 4 is 17.6 Å². The van der Waals surface area contributed by atoms with Gasteiger partial charge in [0.05, 0.1) is 12.7 Å². The molecule has 0 spiro atoms. The Hall–Kier alpha value is -2.31. The molecule has 19 heavy (non-hydrogen) atoms. The maximum absolute atomic E-state index is 12.3. The van der Waals surface area contributed by atoms with Gasteiger partial charge in [0.15, 0.2) is 0 Å². The number of carbonyl (C=O) groups excluding carboxylic acids is 2. The largest absolute Gasteiger partial charge is 0.466 e. The van der Waals surface area contributed by atoms with E-state index in [1.165, 1.54) is 0 Å². The van der Waals surface area contributed by atoms with Gasteiger partial charge in [0.1, 0.15) is 0 Å². The lowest BCUT2D eigenvalue weighted by Crippen LogP contribution is -2.10. The molecule has 0 radical (unpaired) electrons. The number of carbonyl (C=O) groups is 2. The Morgan fingerprint density at radius 3 is 2.21 bits per heavy atom. The first-order valence-corrected chi connectivity index (χ1v) is 5.07. The van der Waals surface area contributed by atoms with E-state index in [1.807, 2.05) is 0 Å². The fraction of sp³-hybridized carbons (Fsp3) is 0.167. The number of hydrogen-bond donors (Lipinski definition) is 1. The molecule has 0 saturated heterocycles. The van der Waals surface area contributed by atoms with E-state index in [9.17, 15) is 22.8 Å². The Balaban J connectivity index is 2.66. The summed E-state index contributed by atoms with van der Waals surface area (Å²) in [5, 5.41) is 2.30. The van der Waals surface area contributed by atoms with Gasteiger partial charge in [-0.25, -0.2) is 4.79 Å². The Morgan fingerprint density at radius 1 is 1.16 bits per heavy atom. The van der Waals surface area contributed by atoms with E-state index in [-0.39, 0.29) is 5.69 Å². The second-order valence-corrected chi connectivity index (χ2v) is 3.42. The van der Waals surface area contributed by atoms with Gasteiger partial charge in [-0.1, -0.05) is 0 Å². The number of ether oxygens (including phenoxy) is 1. The average Bonchev–Trinajstić information content (AvgIpc) is 2.35. The van der Waals surface area contributed by atoms with Crippen molar-refractivity contribution in [3.63, 3.8) is 0 Å². The summed E-state index contributed by atoms with van der Waals surface area (Å²) in [4.78, 5) is 22.0. The standard InChI is InChI=1S/C12H10F3NO3/c1-19-11(18)7-6-10(17)16-9-4-2-8(3-5-9)12(13,14)15/h2-7H,1H3,(H,16,17)/b7-6-. The molecule has 0 aliphatic carbocycles. The Morgan fingerprint density at radius 2 is 1.74 bits per heavy atom. The van der Waals surface area contributed by atoms with Gasteiger partial charge in [0, 0.05) is 17.8 Å². The van der Waals surface area contributed by atoms with Gasteiger partial charge in [-0.2, -0.15) is 13.2 Å². The molecule has 7 heteroatoms. The topological polar surface area (TPSA) is 55.4 Å². The predicted octanol–water partition coefficient (Wildman–Crippen LogP) is 2.37. The molecule has 1 N–H and O–H groups in total. The minimum absolute atomic E-state index is 0.188. The van der Waals surface area contributed by atoms with Crippen molar-refractivity contribution in [2.75, 3.05) is 12.4 Å². The first kappa shape index (κ1) is 14.7. The SMILES string of the molecule is COC(=O)/C=C\C(=O)Nc1ccc(C(F)(F)F)cc1.